The van der Waals surface area contributed by atoms with Crippen molar-refractivity contribution in [3.05, 3.63) is 12.2 Å². The van der Waals surface area contributed by atoms with Crippen LogP contribution in [0.1, 0.15) is 39.5 Å². The van der Waals surface area contributed by atoms with Crippen molar-refractivity contribution in [3.63, 3.8) is 0 Å². The minimum absolute atomic E-state index is 0.0374. The lowest BCUT2D eigenvalue weighted by Crippen LogP contribution is -2.49. The highest BCUT2D eigenvalue weighted by Crippen LogP contribution is 2.50. The molecular formula is C12H18O2. The second-order valence-electron chi connectivity index (χ2n) is 5.27. The van der Waals surface area contributed by atoms with E-state index < -0.39 is 5.60 Å². The molecule has 14 heavy (non-hydrogen) atoms. The molecule has 0 aromatic heterocycles. The maximum absolute atomic E-state index is 11.4. The van der Waals surface area contributed by atoms with Crippen LogP contribution in [-0.2, 0) is 4.79 Å². The highest BCUT2D eigenvalue weighted by atomic mass is 16.3. The summed E-state index contributed by atoms with van der Waals surface area (Å²) in [4.78, 5) is 11.4. The van der Waals surface area contributed by atoms with Crippen LogP contribution in [0.4, 0.5) is 0 Å². The number of hydrogen-bond acceptors (Lipinski definition) is 2. The van der Waals surface area contributed by atoms with Crippen LogP contribution in [0, 0.1) is 11.3 Å². The summed E-state index contributed by atoms with van der Waals surface area (Å²) in [7, 11) is 0. The monoisotopic (exact) mass is 194 g/mol. The number of allylic oxidation sites excluding steroid dienone is 2. The zero-order valence-corrected chi connectivity index (χ0v) is 8.92. The molecule has 0 amide bonds. The largest absolute Gasteiger partial charge is 0.390 e. The minimum atomic E-state index is -0.659. The lowest BCUT2D eigenvalue weighted by atomic mass is 9.57. The van der Waals surface area contributed by atoms with Gasteiger partial charge in [0.1, 0.15) is 0 Å². The topological polar surface area (TPSA) is 37.3 Å². The number of carbonyl (C=O) groups excluding carboxylic acids is 1. The normalized spacial score (nSPS) is 47.6. The first-order valence-electron chi connectivity index (χ1n) is 5.38. The summed E-state index contributed by atoms with van der Waals surface area (Å²) in [5.41, 5.74) is -0.622. The van der Waals surface area contributed by atoms with Crippen molar-refractivity contribution in [1.82, 2.24) is 0 Å². The summed E-state index contributed by atoms with van der Waals surface area (Å²) >= 11 is 0. The van der Waals surface area contributed by atoms with Gasteiger partial charge in [-0.2, -0.15) is 0 Å². The highest BCUT2D eigenvalue weighted by molar-refractivity contribution is 5.91. The van der Waals surface area contributed by atoms with Crippen LogP contribution in [0.5, 0.6) is 0 Å². The van der Waals surface area contributed by atoms with E-state index in [0.717, 1.165) is 19.3 Å². The molecule has 0 aliphatic heterocycles. The Morgan fingerprint density at radius 3 is 2.86 bits per heavy atom. The molecule has 0 saturated heterocycles. The second kappa shape index (κ2) is 2.93. The van der Waals surface area contributed by atoms with Crippen molar-refractivity contribution in [3.8, 4) is 0 Å². The van der Waals surface area contributed by atoms with Crippen molar-refractivity contribution in [2.45, 2.75) is 45.1 Å². The van der Waals surface area contributed by atoms with Gasteiger partial charge in [0.25, 0.3) is 0 Å². The van der Waals surface area contributed by atoms with Crippen LogP contribution < -0.4 is 0 Å². The van der Waals surface area contributed by atoms with Crippen molar-refractivity contribution in [2.24, 2.45) is 11.3 Å². The zero-order chi connectivity index (χ0) is 10.4. The first-order chi connectivity index (χ1) is 6.44. The quantitative estimate of drug-likeness (QED) is 0.641. The highest BCUT2D eigenvalue weighted by Gasteiger charge is 2.48. The summed E-state index contributed by atoms with van der Waals surface area (Å²) in [5, 5.41) is 10.3. The zero-order valence-electron chi connectivity index (χ0n) is 8.92. The Balaban J connectivity index is 2.36. The summed E-state index contributed by atoms with van der Waals surface area (Å²) in [6.45, 7) is 4.04. The number of rotatable bonds is 0. The first kappa shape index (κ1) is 9.91. The van der Waals surface area contributed by atoms with E-state index in [1.807, 2.05) is 13.0 Å². The van der Waals surface area contributed by atoms with Crippen LogP contribution in [0.25, 0.3) is 0 Å². The molecule has 78 valence electrons. The molecule has 1 saturated carbocycles. The standard InChI is InChI=1S/C12H18O2/c1-11-5-3-6-12(2,14)10(11)8-9(13)4-7-11/h4,7,10,14H,3,5-6,8H2,1-2H3/t10-,11+,12+/m1/s1. The van der Waals surface area contributed by atoms with Crippen molar-refractivity contribution < 1.29 is 9.90 Å². The molecule has 0 bridgehead atoms. The minimum Gasteiger partial charge on any atom is -0.390 e. The molecule has 0 spiro atoms. The SMILES string of the molecule is C[C@]1(O)CCC[C@@]2(C)C=CC(=O)C[C@@H]12. The lowest BCUT2D eigenvalue weighted by Gasteiger charge is -2.49. The predicted octanol–water partition coefficient (Wildman–Crippen LogP) is 2.07. The number of carbonyl (C=O) groups is 1. The molecule has 0 aromatic rings. The Kier molecular flexibility index (Phi) is 2.07. The van der Waals surface area contributed by atoms with Crippen LogP contribution in [0.3, 0.4) is 0 Å². The Labute approximate surface area is 85.0 Å². The summed E-state index contributed by atoms with van der Waals surface area (Å²) in [6.07, 6.45) is 7.19. The summed E-state index contributed by atoms with van der Waals surface area (Å²) in [5.74, 6) is 0.274. The third-order valence-corrected chi connectivity index (χ3v) is 4.00. The Bertz CT molecular complexity index is 291. The van der Waals surface area contributed by atoms with Gasteiger partial charge in [-0.25, -0.2) is 0 Å². The molecule has 2 heteroatoms. The fourth-order valence-electron chi connectivity index (χ4n) is 3.09. The van der Waals surface area contributed by atoms with E-state index in [0.29, 0.717) is 6.42 Å². The van der Waals surface area contributed by atoms with Gasteiger partial charge in [0, 0.05) is 12.3 Å². The maximum Gasteiger partial charge on any atom is 0.155 e. The van der Waals surface area contributed by atoms with Gasteiger partial charge in [0.15, 0.2) is 5.78 Å². The number of hydrogen-bond donors (Lipinski definition) is 1. The molecule has 0 unspecified atom stereocenters. The van der Waals surface area contributed by atoms with E-state index in [1.54, 1.807) is 6.08 Å². The molecular weight excluding hydrogens is 176 g/mol. The van der Waals surface area contributed by atoms with E-state index in [-0.39, 0.29) is 17.1 Å². The van der Waals surface area contributed by atoms with E-state index in [1.165, 1.54) is 0 Å². The molecule has 2 rings (SSSR count). The third-order valence-electron chi connectivity index (χ3n) is 4.00. The Morgan fingerprint density at radius 1 is 1.43 bits per heavy atom. The molecule has 2 aliphatic rings. The van der Waals surface area contributed by atoms with Crippen LogP contribution in [0.15, 0.2) is 12.2 Å². The molecule has 0 aromatic carbocycles. The fourth-order valence-corrected chi connectivity index (χ4v) is 3.09. The molecule has 2 nitrogen and oxygen atoms in total. The predicted molar refractivity (Wildman–Crippen MR) is 54.8 cm³/mol. The van der Waals surface area contributed by atoms with Crippen molar-refractivity contribution in [1.29, 1.82) is 0 Å². The average Bonchev–Trinajstić information content (AvgIpc) is 2.08. The van der Waals surface area contributed by atoms with Gasteiger partial charge in [-0.1, -0.05) is 13.0 Å². The molecule has 0 radical (unpaired) electrons. The molecule has 1 fully saturated rings. The Morgan fingerprint density at radius 2 is 2.14 bits per heavy atom. The third kappa shape index (κ3) is 1.42. The van der Waals surface area contributed by atoms with E-state index >= 15 is 0 Å². The smallest absolute Gasteiger partial charge is 0.155 e. The van der Waals surface area contributed by atoms with Gasteiger partial charge in [0.05, 0.1) is 5.60 Å². The van der Waals surface area contributed by atoms with Gasteiger partial charge in [-0.15, -0.1) is 0 Å². The Hall–Kier alpha value is -0.630. The summed E-state index contributed by atoms with van der Waals surface area (Å²) < 4.78 is 0. The number of fused-ring (bicyclic) bond motifs is 1. The van der Waals surface area contributed by atoms with Crippen molar-refractivity contribution >= 4 is 5.78 Å². The van der Waals surface area contributed by atoms with E-state index in [4.69, 9.17) is 0 Å². The van der Waals surface area contributed by atoms with Gasteiger partial charge in [-0.05, 0) is 37.7 Å². The van der Waals surface area contributed by atoms with Gasteiger partial charge >= 0.3 is 0 Å². The lowest BCUT2D eigenvalue weighted by molar-refractivity contribution is -0.127. The van der Waals surface area contributed by atoms with E-state index in [9.17, 15) is 9.90 Å². The fraction of sp³-hybridized carbons (Fsp3) is 0.750. The van der Waals surface area contributed by atoms with Crippen LogP contribution in [0.2, 0.25) is 0 Å². The van der Waals surface area contributed by atoms with Crippen LogP contribution >= 0.6 is 0 Å². The maximum atomic E-state index is 11.4. The average molecular weight is 194 g/mol. The molecule has 3 atom stereocenters. The van der Waals surface area contributed by atoms with Gasteiger partial charge < -0.3 is 5.11 Å². The van der Waals surface area contributed by atoms with Crippen LogP contribution in [-0.4, -0.2) is 16.5 Å². The number of aliphatic hydroxyl groups is 1. The molecule has 0 heterocycles. The first-order valence-corrected chi connectivity index (χ1v) is 5.38. The molecule has 1 N–H and O–H groups in total. The number of ketones is 1. The van der Waals surface area contributed by atoms with Gasteiger partial charge in [0.2, 0.25) is 0 Å². The van der Waals surface area contributed by atoms with E-state index in [2.05, 4.69) is 6.92 Å². The molecule has 2 aliphatic carbocycles. The second-order valence-corrected chi connectivity index (χ2v) is 5.27. The van der Waals surface area contributed by atoms with Gasteiger partial charge in [-0.3, -0.25) is 4.79 Å². The summed E-state index contributed by atoms with van der Waals surface area (Å²) in [6, 6.07) is 0. The van der Waals surface area contributed by atoms with Crippen molar-refractivity contribution in [2.75, 3.05) is 0 Å².